The van der Waals surface area contributed by atoms with Crippen molar-refractivity contribution in [1.82, 2.24) is 9.55 Å². The van der Waals surface area contributed by atoms with Crippen LogP contribution in [0.25, 0.3) is 6.08 Å². The Hall–Kier alpha value is -1.27. The molecule has 1 saturated heterocycles. The summed E-state index contributed by atoms with van der Waals surface area (Å²) in [5, 5.41) is 9.93. The normalized spacial score (nSPS) is 25.3. The third-order valence-corrected chi connectivity index (χ3v) is 4.03. The average Bonchev–Trinajstić information content (AvgIpc) is 2.80. The molecule has 0 radical (unpaired) electrons. The maximum atomic E-state index is 11.9. The molecule has 1 aliphatic rings. The highest BCUT2D eigenvalue weighted by Crippen LogP contribution is 2.28. The van der Waals surface area contributed by atoms with E-state index in [0.29, 0.717) is 0 Å². The van der Waals surface area contributed by atoms with Gasteiger partial charge >= 0.3 is 5.69 Å². The molecule has 1 aromatic heterocycles. The number of halogens is 1. The molecular formula is C12H15BrN2O7S. The summed E-state index contributed by atoms with van der Waals surface area (Å²) < 4.78 is 33.2. The largest absolute Gasteiger partial charge is 0.390 e. The van der Waals surface area contributed by atoms with E-state index in [2.05, 4.69) is 25.1 Å². The Kier molecular flexibility index (Phi) is 5.57. The van der Waals surface area contributed by atoms with Gasteiger partial charge in [0.2, 0.25) is 0 Å². The first-order chi connectivity index (χ1) is 10.7. The summed E-state index contributed by atoms with van der Waals surface area (Å²) in [6.07, 6.45) is 0.947. The van der Waals surface area contributed by atoms with E-state index >= 15 is 0 Å². The van der Waals surface area contributed by atoms with Crippen LogP contribution in [0.4, 0.5) is 0 Å². The van der Waals surface area contributed by atoms with Crippen LogP contribution >= 0.6 is 15.9 Å². The Labute approximate surface area is 139 Å². The van der Waals surface area contributed by atoms with E-state index in [1.54, 1.807) is 0 Å². The number of H-pyrrole nitrogens is 1. The van der Waals surface area contributed by atoms with Crippen LogP contribution in [0.15, 0.2) is 20.8 Å². The first-order valence-corrected chi connectivity index (χ1v) is 9.24. The van der Waals surface area contributed by atoms with Crippen molar-refractivity contribution in [3.8, 4) is 0 Å². The summed E-state index contributed by atoms with van der Waals surface area (Å²) in [6, 6.07) is 0. The van der Waals surface area contributed by atoms with Crippen LogP contribution in [0.3, 0.4) is 0 Å². The lowest BCUT2D eigenvalue weighted by atomic mass is 10.2. The number of nitrogens with one attached hydrogen (secondary N) is 1. The molecule has 1 fully saturated rings. The number of aromatic nitrogens is 2. The van der Waals surface area contributed by atoms with Crippen molar-refractivity contribution in [2.75, 3.05) is 12.9 Å². The summed E-state index contributed by atoms with van der Waals surface area (Å²) in [5.41, 5.74) is -1.03. The predicted molar refractivity (Wildman–Crippen MR) is 84.6 cm³/mol. The number of hydrogen-bond acceptors (Lipinski definition) is 7. The van der Waals surface area contributed by atoms with Crippen LogP contribution in [0.5, 0.6) is 0 Å². The second-order valence-corrected chi connectivity index (χ2v) is 7.14. The fourth-order valence-corrected chi connectivity index (χ4v) is 2.79. The van der Waals surface area contributed by atoms with E-state index in [4.69, 9.17) is 4.74 Å². The number of aliphatic hydroxyl groups excluding tert-OH is 1. The zero-order valence-electron chi connectivity index (χ0n) is 12.0. The van der Waals surface area contributed by atoms with Crippen molar-refractivity contribution in [2.24, 2.45) is 0 Å². The van der Waals surface area contributed by atoms with Gasteiger partial charge in [-0.2, -0.15) is 8.42 Å². The van der Waals surface area contributed by atoms with Gasteiger partial charge in [-0.1, -0.05) is 15.9 Å². The molecule has 2 heterocycles. The van der Waals surface area contributed by atoms with Crippen LogP contribution in [0.2, 0.25) is 0 Å². The summed E-state index contributed by atoms with van der Waals surface area (Å²) in [6.45, 7) is -0.358. The number of rotatable bonds is 5. The van der Waals surface area contributed by atoms with Crippen molar-refractivity contribution in [2.45, 2.75) is 24.9 Å². The van der Waals surface area contributed by atoms with Gasteiger partial charge in [0, 0.05) is 12.6 Å². The van der Waals surface area contributed by atoms with Crippen molar-refractivity contribution >= 4 is 32.1 Å². The molecule has 0 spiro atoms. The number of hydrogen-bond donors (Lipinski definition) is 2. The van der Waals surface area contributed by atoms with Gasteiger partial charge < -0.3 is 9.84 Å². The number of nitrogens with zero attached hydrogens (tertiary/aromatic N) is 1. The highest BCUT2D eigenvalue weighted by Gasteiger charge is 2.36. The molecule has 128 valence electrons. The Balaban J connectivity index is 2.22. The molecule has 11 heteroatoms. The summed E-state index contributed by atoms with van der Waals surface area (Å²) >= 11 is 3.04. The van der Waals surface area contributed by atoms with E-state index in [1.807, 2.05) is 0 Å². The highest BCUT2D eigenvalue weighted by molar-refractivity contribution is 9.11. The molecule has 1 aliphatic heterocycles. The third-order valence-electron chi connectivity index (χ3n) is 3.20. The van der Waals surface area contributed by atoms with E-state index in [-0.39, 0.29) is 18.6 Å². The fourth-order valence-electron chi connectivity index (χ4n) is 2.13. The molecule has 0 aromatic carbocycles. The van der Waals surface area contributed by atoms with E-state index in [1.165, 1.54) is 17.3 Å². The van der Waals surface area contributed by atoms with Gasteiger partial charge in [-0.05, 0) is 11.1 Å². The summed E-state index contributed by atoms with van der Waals surface area (Å²) in [4.78, 5) is 27.1. The number of ether oxygens (including phenoxy) is 1. The van der Waals surface area contributed by atoms with E-state index in [0.717, 1.165) is 10.8 Å². The Morgan fingerprint density at radius 1 is 1.57 bits per heavy atom. The summed E-state index contributed by atoms with van der Waals surface area (Å²) in [7, 11) is -3.67. The van der Waals surface area contributed by atoms with Gasteiger partial charge in [0.25, 0.3) is 15.7 Å². The van der Waals surface area contributed by atoms with Gasteiger partial charge in [0.1, 0.15) is 12.3 Å². The molecule has 0 aliphatic carbocycles. The molecule has 23 heavy (non-hydrogen) atoms. The Morgan fingerprint density at radius 3 is 2.87 bits per heavy atom. The SMILES string of the molecule is CS(=O)(=O)OC[C@@H]1O[C@H](n2cc(/C=C/Br)c(=O)[nH]c2=O)CC1O. The van der Waals surface area contributed by atoms with Crippen molar-refractivity contribution in [1.29, 1.82) is 0 Å². The smallest absolute Gasteiger partial charge is 0.330 e. The molecular weight excluding hydrogens is 396 g/mol. The topological polar surface area (TPSA) is 128 Å². The van der Waals surface area contributed by atoms with E-state index in [9.17, 15) is 23.1 Å². The van der Waals surface area contributed by atoms with Crippen LogP contribution in [-0.4, -0.2) is 48.1 Å². The van der Waals surface area contributed by atoms with Crippen LogP contribution in [-0.2, 0) is 19.0 Å². The fraction of sp³-hybridized carbons (Fsp3) is 0.500. The minimum Gasteiger partial charge on any atom is -0.390 e. The van der Waals surface area contributed by atoms with Crippen molar-refractivity contribution < 1.29 is 22.4 Å². The van der Waals surface area contributed by atoms with Crippen molar-refractivity contribution in [3.05, 3.63) is 37.6 Å². The molecule has 0 amide bonds. The first kappa shape index (κ1) is 18.1. The highest BCUT2D eigenvalue weighted by atomic mass is 79.9. The minimum atomic E-state index is -3.67. The average molecular weight is 411 g/mol. The lowest BCUT2D eigenvalue weighted by molar-refractivity contribution is -0.0398. The minimum absolute atomic E-state index is 0.0568. The summed E-state index contributed by atoms with van der Waals surface area (Å²) in [5.74, 6) is 0. The monoisotopic (exact) mass is 410 g/mol. The van der Waals surface area contributed by atoms with E-state index < -0.39 is 39.8 Å². The van der Waals surface area contributed by atoms with Crippen LogP contribution < -0.4 is 11.2 Å². The second kappa shape index (κ2) is 7.09. The number of aromatic amines is 1. The molecule has 1 unspecified atom stereocenters. The van der Waals surface area contributed by atoms with Gasteiger partial charge in [-0.15, -0.1) is 0 Å². The second-order valence-electron chi connectivity index (χ2n) is 4.96. The molecule has 2 rings (SSSR count). The van der Waals surface area contributed by atoms with Gasteiger partial charge in [0.05, 0.1) is 24.5 Å². The quantitative estimate of drug-likeness (QED) is 0.627. The molecule has 1 aromatic rings. The first-order valence-electron chi connectivity index (χ1n) is 6.51. The Morgan fingerprint density at radius 2 is 2.26 bits per heavy atom. The Bertz CT molecular complexity index is 813. The molecule has 9 nitrogen and oxygen atoms in total. The molecule has 0 bridgehead atoms. The number of aliphatic hydroxyl groups is 1. The lowest BCUT2D eigenvalue weighted by Crippen LogP contribution is -2.33. The standard InChI is InChI=1S/C12H15BrN2O7S/c1-23(19,20)21-6-9-8(16)4-10(22-9)15-5-7(2-3-13)11(17)14-12(15)18/h2-3,5,8-10,16H,4,6H2,1H3,(H,14,17,18)/b3-2+/t8?,9-,10-/m0/s1. The lowest BCUT2D eigenvalue weighted by Gasteiger charge is -2.15. The molecule has 0 saturated carbocycles. The maximum Gasteiger partial charge on any atom is 0.330 e. The predicted octanol–water partition coefficient (Wildman–Crippen LogP) is -0.473. The van der Waals surface area contributed by atoms with Crippen LogP contribution in [0.1, 0.15) is 18.2 Å². The maximum absolute atomic E-state index is 11.9. The molecule has 3 atom stereocenters. The van der Waals surface area contributed by atoms with Gasteiger partial charge in [-0.3, -0.25) is 18.5 Å². The third kappa shape index (κ3) is 4.61. The molecule has 2 N–H and O–H groups in total. The van der Waals surface area contributed by atoms with Crippen molar-refractivity contribution in [3.63, 3.8) is 0 Å². The zero-order chi connectivity index (χ0) is 17.2. The van der Waals surface area contributed by atoms with Gasteiger partial charge in [-0.25, -0.2) is 4.79 Å². The zero-order valence-corrected chi connectivity index (χ0v) is 14.4. The van der Waals surface area contributed by atoms with Gasteiger partial charge in [0.15, 0.2) is 0 Å². The van der Waals surface area contributed by atoms with Crippen LogP contribution in [0, 0.1) is 0 Å².